The van der Waals surface area contributed by atoms with Gasteiger partial charge in [-0.1, -0.05) is 48.0 Å². The monoisotopic (exact) mass is 597 g/mol. The van der Waals surface area contributed by atoms with Crippen molar-refractivity contribution in [2.75, 3.05) is 27.3 Å². The normalized spacial score (nSPS) is 15.2. The zero-order valence-electron chi connectivity index (χ0n) is 27.4. The fraction of sp³-hybridized carbons (Fsp3) is 0.389. The van der Waals surface area contributed by atoms with Crippen molar-refractivity contribution in [3.05, 3.63) is 106 Å². The highest BCUT2D eigenvalue weighted by Crippen LogP contribution is 2.44. The number of allylic oxidation sites excluding steroid dienone is 5. The van der Waals surface area contributed by atoms with E-state index in [0.29, 0.717) is 18.0 Å². The molecule has 1 unspecified atom stereocenters. The highest BCUT2D eigenvalue weighted by atomic mass is 16.5. The van der Waals surface area contributed by atoms with Gasteiger partial charge in [0.05, 0.1) is 29.9 Å². The fourth-order valence-corrected chi connectivity index (χ4v) is 6.09. The quantitative estimate of drug-likeness (QED) is 0.132. The standard InChI is InChI=1S/C36H47N5O3/c1-23(2)28(15-16-32(25(4)37)40(7)38)34(36(5,6)35(42)43-8)26-14-13-24(3)27(19-26)21-41-17-18-44-33-20-39-31-12-10-9-11-29(31)30(33)22-41/h9-16,19-20,34H,17-18,21-22,37-38H2,1-8H3/b16-15-,32-25-. The van der Waals surface area contributed by atoms with Gasteiger partial charge in [0, 0.05) is 49.2 Å². The second-order valence-corrected chi connectivity index (χ2v) is 12.5. The number of ether oxygens (including phenoxy) is 2. The molecule has 0 aliphatic carbocycles. The van der Waals surface area contributed by atoms with E-state index in [0.717, 1.165) is 58.6 Å². The summed E-state index contributed by atoms with van der Waals surface area (Å²) in [5.41, 5.74) is 14.2. The molecule has 8 nitrogen and oxygen atoms in total. The van der Waals surface area contributed by atoms with E-state index >= 15 is 0 Å². The van der Waals surface area contributed by atoms with Gasteiger partial charge in [-0.25, -0.2) is 5.84 Å². The SMILES string of the molecule is COC(=O)C(C)(C)C(C(/C=C\C(=C(/C)N)N(C)N)=C(C)C)c1ccc(C)c(CN2CCOc3cnc4ccccc4c3C2)c1. The number of carbonyl (C=O) groups excluding carboxylic acids is 1. The Hall–Kier alpha value is -4.14. The molecule has 4 rings (SSSR count). The molecule has 0 saturated heterocycles. The zero-order valence-corrected chi connectivity index (χ0v) is 27.4. The summed E-state index contributed by atoms with van der Waals surface area (Å²) in [6.45, 7) is 14.8. The van der Waals surface area contributed by atoms with E-state index in [-0.39, 0.29) is 11.9 Å². The maximum absolute atomic E-state index is 13.3. The van der Waals surface area contributed by atoms with E-state index < -0.39 is 5.41 Å². The van der Waals surface area contributed by atoms with Crippen LogP contribution in [0.3, 0.4) is 0 Å². The minimum Gasteiger partial charge on any atom is -0.490 e. The second-order valence-electron chi connectivity index (χ2n) is 12.5. The van der Waals surface area contributed by atoms with Gasteiger partial charge in [-0.3, -0.25) is 14.7 Å². The van der Waals surface area contributed by atoms with Crippen LogP contribution < -0.4 is 16.3 Å². The van der Waals surface area contributed by atoms with Crippen molar-refractivity contribution in [3.8, 4) is 5.75 Å². The molecule has 1 aliphatic heterocycles. The number of nitrogens with two attached hydrogens (primary N) is 2. The number of nitrogens with zero attached hydrogens (tertiary/aromatic N) is 3. The number of likely N-dealkylation sites (N-methyl/N-ethyl adjacent to an activating group) is 1. The summed E-state index contributed by atoms with van der Waals surface area (Å²) >= 11 is 0. The van der Waals surface area contributed by atoms with E-state index in [1.54, 1.807) is 7.05 Å². The molecule has 0 radical (unpaired) electrons. The van der Waals surface area contributed by atoms with Crippen molar-refractivity contribution in [2.45, 2.75) is 60.5 Å². The maximum atomic E-state index is 13.3. The Kier molecular flexibility index (Phi) is 10.2. The van der Waals surface area contributed by atoms with Crippen LogP contribution in [0.1, 0.15) is 62.8 Å². The minimum atomic E-state index is -0.865. The number of methoxy groups -OCH3 is 1. The zero-order chi connectivity index (χ0) is 32.2. The number of aryl methyl sites for hydroxylation is 1. The summed E-state index contributed by atoms with van der Waals surface area (Å²) in [6, 6.07) is 14.7. The first-order valence-corrected chi connectivity index (χ1v) is 15.0. The number of benzene rings is 2. The van der Waals surface area contributed by atoms with Crippen molar-refractivity contribution >= 4 is 16.9 Å². The molecule has 0 saturated carbocycles. The van der Waals surface area contributed by atoms with Crippen LogP contribution in [0.15, 0.2) is 83.4 Å². The molecular weight excluding hydrogens is 550 g/mol. The molecular formula is C36H47N5O3. The molecule has 1 atom stereocenters. The molecule has 44 heavy (non-hydrogen) atoms. The molecule has 8 heteroatoms. The number of carbonyl (C=O) groups is 1. The van der Waals surface area contributed by atoms with Crippen LogP contribution in [-0.2, 0) is 22.6 Å². The lowest BCUT2D eigenvalue weighted by Gasteiger charge is -2.35. The van der Waals surface area contributed by atoms with E-state index in [9.17, 15) is 4.79 Å². The Bertz CT molecular complexity index is 1610. The van der Waals surface area contributed by atoms with E-state index in [1.807, 2.05) is 57.3 Å². The summed E-state index contributed by atoms with van der Waals surface area (Å²) in [4.78, 5) is 20.3. The van der Waals surface area contributed by atoms with E-state index in [2.05, 4.69) is 54.9 Å². The second kappa shape index (κ2) is 13.7. The predicted octanol–water partition coefficient (Wildman–Crippen LogP) is 6.11. The summed E-state index contributed by atoms with van der Waals surface area (Å²) in [5, 5.41) is 2.62. The van der Waals surface area contributed by atoms with Gasteiger partial charge >= 0.3 is 5.97 Å². The number of hydrogen-bond acceptors (Lipinski definition) is 8. The molecule has 1 aliphatic rings. The molecule has 0 bridgehead atoms. The van der Waals surface area contributed by atoms with Gasteiger partial charge in [0.1, 0.15) is 12.4 Å². The molecule has 0 fully saturated rings. The van der Waals surface area contributed by atoms with Gasteiger partial charge in [0.15, 0.2) is 0 Å². The van der Waals surface area contributed by atoms with Crippen LogP contribution in [-0.4, -0.2) is 48.2 Å². The highest BCUT2D eigenvalue weighted by molar-refractivity contribution is 5.84. The fourth-order valence-electron chi connectivity index (χ4n) is 6.09. The molecule has 1 aromatic heterocycles. The van der Waals surface area contributed by atoms with Crippen molar-refractivity contribution in [1.82, 2.24) is 14.9 Å². The first-order chi connectivity index (χ1) is 20.8. The van der Waals surface area contributed by atoms with Gasteiger partial charge in [-0.15, -0.1) is 0 Å². The van der Waals surface area contributed by atoms with Gasteiger partial charge in [0.25, 0.3) is 0 Å². The van der Waals surface area contributed by atoms with E-state index in [1.165, 1.54) is 23.2 Å². The minimum absolute atomic E-state index is 0.278. The largest absolute Gasteiger partial charge is 0.490 e. The van der Waals surface area contributed by atoms with Crippen molar-refractivity contribution in [3.63, 3.8) is 0 Å². The number of hydrogen-bond donors (Lipinski definition) is 2. The first-order valence-electron chi connectivity index (χ1n) is 15.0. The lowest BCUT2D eigenvalue weighted by molar-refractivity contribution is -0.151. The van der Waals surface area contributed by atoms with Crippen LogP contribution in [0.2, 0.25) is 0 Å². The van der Waals surface area contributed by atoms with Crippen LogP contribution in [0, 0.1) is 12.3 Å². The van der Waals surface area contributed by atoms with Crippen LogP contribution in [0.25, 0.3) is 10.9 Å². The van der Waals surface area contributed by atoms with Crippen molar-refractivity contribution in [2.24, 2.45) is 17.0 Å². The van der Waals surface area contributed by atoms with Gasteiger partial charge in [0.2, 0.25) is 0 Å². The van der Waals surface area contributed by atoms with E-state index in [4.69, 9.17) is 21.1 Å². The Labute approximate surface area is 262 Å². The number of rotatable bonds is 9. The number of esters is 1. The summed E-state index contributed by atoms with van der Waals surface area (Å²) < 4.78 is 11.5. The number of fused-ring (bicyclic) bond motifs is 3. The summed E-state index contributed by atoms with van der Waals surface area (Å²) in [6.07, 6.45) is 5.79. The molecule has 0 amide bonds. The molecule has 4 N–H and O–H groups in total. The highest BCUT2D eigenvalue weighted by Gasteiger charge is 2.41. The van der Waals surface area contributed by atoms with Gasteiger partial charge < -0.3 is 20.2 Å². The van der Waals surface area contributed by atoms with Crippen molar-refractivity contribution in [1.29, 1.82) is 0 Å². The van der Waals surface area contributed by atoms with Gasteiger partial charge in [-0.05, 0) is 75.9 Å². The van der Waals surface area contributed by atoms with Crippen LogP contribution in [0.4, 0.5) is 0 Å². The molecule has 2 heterocycles. The molecule has 234 valence electrons. The summed E-state index contributed by atoms with van der Waals surface area (Å²) in [5.74, 6) is 6.36. The average molecular weight is 598 g/mol. The topological polar surface area (TPSA) is 107 Å². The Balaban J connectivity index is 1.77. The number of aromatic nitrogens is 1. The number of hydrazine groups is 1. The predicted molar refractivity (Wildman–Crippen MR) is 177 cm³/mol. The third kappa shape index (κ3) is 6.98. The Morgan fingerprint density at radius 1 is 1.18 bits per heavy atom. The number of pyridine rings is 1. The lowest BCUT2D eigenvalue weighted by atomic mass is 9.69. The molecule has 3 aromatic rings. The molecule has 2 aromatic carbocycles. The summed E-state index contributed by atoms with van der Waals surface area (Å²) in [7, 11) is 3.20. The average Bonchev–Trinajstić information content (AvgIpc) is 3.19. The van der Waals surface area contributed by atoms with Crippen LogP contribution >= 0.6 is 0 Å². The van der Waals surface area contributed by atoms with Gasteiger partial charge in [-0.2, -0.15) is 0 Å². The lowest BCUT2D eigenvalue weighted by Crippen LogP contribution is -2.34. The maximum Gasteiger partial charge on any atom is 0.312 e. The van der Waals surface area contributed by atoms with Crippen molar-refractivity contribution < 1.29 is 14.3 Å². The van der Waals surface area contributed by atoms with Crippen LogP contribution in [0.5, 0.6) is 5.75 Å². The first kappa shape index (κ1) is 32.8. The number of para-hydroxylation sites is 1. The third-order valence-electron chi connectivity index (χ3n) is 8.52. The third-order valence-corrected chi connectivity index (χ3v) is 8.52. The smallest absolute Gasteiger partial charge is 0.312 e. The Morgan fingerprint density at radius 3 is 2.57 bits per heavy atom. The Morgan fingerprint density at radius 2 is 1.91 bits per heavy atom. The molecule has 0 spiro atoms.